The van der Waals surface area contributed by atoms with Crippen LogP contribution in [0.2, 0.25) is 10.0 Å². The molecule has 1 saturated carbocycles. The predicted molar refractivity (Wildman–Crippen MR) is 82.8 cm³/mol. The van der Waals surface area contributed by atoms with Gasteiger partial charge in [-0.1, -0.05) is 35.3 Å². The Labute approximate surface area is 128 Å². The van der Waals surface area contributed by atoms with Crippen LogP contribution in [0.4, 0.5) is 0 Å². The van der Waals surface area contributed by atoms with Crippen LogP contribution in [0.25, 0.3) is 0 Å². The lowest BCUT2D eigenvalue weighted by atomic mass is 10.2. The minimum atomic E-state index is 0.601. The highest BCUT2D eigenvalue weighted by atomic mass is 35.5. The summed E-state index contributed by atoms with van der Waals surface area (Å²) in [6.45, 7) is 0.755. The molecule has 20 heavy (non-hydrogen) atoms. The van der Waals surface area contributed by atoms with Gasteiger partial charge in [0.05, 0.1) is 5.02 Å². The maximum atomic E-state index is 6.13. The molecule has 0 unspecified atom stereocenters. The standard InChI is InChI=1S/C16H15Cl2NO/c17-12-5-8-15(11(9-12)10-19-13-6-7-13)20-16-4-2-1-3-14(16)18/h1-5,8-9,13,19H,6-7,10H2. The quantitative estimate of drug-likeness (QED) is 0.835. The molecule has 2 nitrogen and oxygen atoms in total. The smallest absolute Gasteiger partial charge is 0.146 e. The molecule has 0 aliphatic heterocycles. The monoisotopic (exact) mass is 307 g/mol. The van der Waals surface area contributed by atoms with E-state index in [1.807, 2.05) is 42.5 Å². The van der Waals surface area contributed by atoms with E-state index in [2.05, 4.69) is 5.32 Å². The maximum Gasteiger partial charge on any atom is 0.146 e. The second-order valence-corrected chi connectivity index (χ2v) is 5.78. The number of nitrogens with one attached hydrogen (secondary N) is 1. The Morgan fingerprint density at radius 1 is 1.05 bits per heavy atom. The molecule has 2 aromatic carbocycles. The molecule has 0 amide bonds. The summed E-state index contributed by atoms with van der Waals surface area (Å²) in [6.07, 6.45) is 2.50. The van der Waals surface area contributed by atoms with Gasteiger partial charge in [0, 0.05) is 23.2 Å². The largest absolute Gasteiger partial charge is 0.455 e. The van der Waals surface area contributed by atoms with Gasteiger partial charge in [0.2, 0.25) is 0 Å². The lowest BCUT2D eigenvalue weighted by molar-refractivity contribution is 0.473. The van der Waals surface area contributed by atoms with E-state index in [1.165, 1.54) is 12.8 Å². The summed E-state index contributed by atoms with van der Waals surface area (Å²) < 4.78 is 5.92. The van der Waals surface area contributed by atoms with E-state index in [0.717, 1.165) is 17.9 Å². The molecule has 1 aliphatic rings. The third-order valence-electron chi connectivity index (χ3n) is 3.24. The van der Waals surface area contributed by atoms with E-state index < -0.39 is 0 Å². The Bertz CT molecular complexity index is 611. The first-order valence-electron chi connectivity index (χ1n) is 6.66. The van der Waals surface area contributed by atoms with E-state index in [4.69, 9.17) is 27.9 Å². The third-order valence-corrected chi connectivity index (χ3v) is 3.78. The number of hydrogen-bond donors (Lipinski definition) is 1. The van der Waals surface area contributed by atoms with Gasteiger partial charge in [-0.2, -0.15) is 0 Å². The highest BCUT2D eigenvalue weighted by Crippen LogP contribution is 2.32. The van der Waals surface area contributed by atoms with Crippen molar-refractivity contribution in [2.45, 2.75) is 25.4 Å². The highest BCUT2D eigenvalue weighted by Gasteiger charge is 2.20. The van der Waals surface area contributed by atoms with Crippen molar-refractivity contribution in [2.24, 2.45) is 0 Å². The Morgan fingerprint density at radius 3 is 2.60 bits per heavy atom. The number of para-hydroxylation sites is 1. The van der Waals surface area contributed by atoms with Crippen molar-refractivity contribution in [3.8, 4) is 11.5 Å². The fourth-order valence-electron chi connectivity index (χ4n) is 1.97. The van der Waals surface area contributed by atoms with Crippen molar-refractivity contribution in [1.29, 1.82) is 0 Å². The molecule has 0 spiro atoms. The molecule has 0 atom stereocenters. The van der Waals surface area contributed by atoms with Crippen LogP contribution in [0.1, 0.15) is 18.4 Å². The molecular formula is C16H15Cl2NO. The zero-order valence-electron chi connectivity index (χ0n) is 10.9. The number of rotatable bonds is 5. The summed E-state index contributed by atoms with van der Waals surface area (Å²) in [4.78, 5) is 0. The van der Waals surface area contributed by atoms with Gasteiger partial charge in [-0.25, -0.2) is 0 Å². The van der Waals surface area contributed by atoms with E-state index in [-0.39, 0.29) is 0 Å². The molecule has 1 fully saturated rings. The first-order valence-corrected chi connectivity index (χ1v) is 7.42. The van der Waals surface area contributed by atoms with Crippen LogP contribution in [-0.2, 0) is 6.54 Å². The molecular weight excluding hydrogens is 293 g/mol. The molecule has 0 saturated heterocycles. The van der Waals surface area contributed by atoms with Gasteiger partial charge in [-0.3, -0.25) is 0 Å². The van der Waals surface area contributed by atoms with E-state index in [1.54, 1.807) is 0 Å². The molecule has 0 heterocycles. The van der Waals surface area contributed by atoms with Gasteiger partial charge in [0.1, 0.15) is 11.5 Å². The Kier molecular flexibility index (Phi) is 4.16. The number of hydrogen-bond acceptors (Lipinski definition) is 2. The lowest BCUT2D eigenvalue weighted by Crippen LogP contribution is -2.15. The summed E-state index contributed by atoms with van der Waals surface area (Å²) in [7, 11) is 0. The van der Waals surface area contributed by atoms with Crippen molar-refractivity contribution < 1.29 is 4.74 Å². The molecule has 1 aliphatic carbocycles. The minimum absolute atomic E-state index is 0.601. The summed E-state index contributed by atoms with van der Waals surface area (Å²) in [5, 5.41) is 4.78. The van der Waals surface area contributed by atoms with Crippen molar-refractivity contribution in [2.75, 3.05) is 0 Å². The van der Waals surface area contributed by atoms with Gasteiger partial charge >= 0.3 is 0 Å². The fraction of sp³-hybridized carbons (Fsp3) is 0.250. The first-order chi connectivity index (χ1) is 9.72. The summed E-state index contributed by atoms with van der Waals surface area (Å²) in [5.41, 5.74) is 1.05. The maximum absolute atomic E-state index is 6.13. The van der Waals surface area contributed by atoms with Crippen molar-refractivity contribution in [3.63, 3.8) is 0 Å². The van der Waals surface area contributed by atoms with E-state index >= 15 is 0 Å². The van der Waals surface area contributed by atoms with Crippen LogP contribution in [0, 0.1) is 0 Å². The number of ether oxygens (including phenoxy) is 1. The average Bonchev–Trinajstić information content (AvgIpc) is 3.25. The van der Waals surface area contributed by atoms with Crippen LogP contribution in [-0.4, -0.2) is 6.04 Å². The van der Waals surface area contributed by atoms with Crippen molar-refractivity contribution in [3.05, 3.63) is 58.1 Å². The van der Waals surface area contributed by atoms with Gasteiger partial charge in [-0.15, -0.1) is 0 Å². The zero-order valence-corrected chi connectivity index (χ0v) is 12.4. The Balaban J connectivity index is 1.82. The predicted octanol–water partition coefficient (Wildman–Crippen LogP) is 5.04. The molecule has 104 valence electrons. The Hall–Kier alpha value is -1.22. The normalized spacial score (nSPS) is 14.3. The van der Waals surface area contributed by atoms with E-state index in [0.29, 0.717) is 21.8 Å². The SMILES string of the molecule is Clc1ccc(Oc2ccccc2Cl)c(CNC2CC2)c1. The minimum Gasteiger partial charge on any atom is -0.455 e. The van der Waals surface area contributed by atoms with Crippen LogP contribution in [0.15, 0.2) is 42.5 Å². The van der Waals surface area contributed by atoms with Gasteiger partial charge in [0.25, 0.3) is 0 Å². The van der Waals surface area contributed by atoms with Gasteiger partial charge in [-0.05, 0) is 43.2 Å². The molecule has 1 N–H and O–H groups in total. The Morgan fingerprint density at radius 2 is 1.85 bits per heavy atom. The van der Waals surface area contributed by atoms with Gasteiger partial charge in [0.15, 0.2) is 0 Å². The second kappa shape index (κ2) is 6.04. The van der Waals surface area contributed by atoms with Crippen LogP contribution >= 0.6 is 23.2 Å². The molecule has 0 radical (unpaired) electrons. The average molecular weight is 308 g/mol. The topological polar surface area (TPSA) is 21.3 Å². The molecule has 0 aromatic heterocycles. The lowest BCUT2D eigenvalue weighted by Gasteiger charge is -2.13. The van der Waals surface area contributed by atoms with Crippen LogP contribution in [0.3, 0.4) is 0 Å². The van der Waals surface area contributed by atoms with E-state index in [9.17, 15) is 0 Å². The van der Waals surface area contributed by atoms with Gasteiger partial charge < -0.3 is 10.1 Å². The van der Waals surface area contributed by atoms with Crippen molar-refractivity contribution in [1.82, 2.24) is 5.32 Å². The molecule has 4 heteroatoms. The summed E-state index contributed by atoms with van der Waals surface area (Å²) >= 11 is 12.2. The summed E-state index contributed by atoms with van der Waals surface area (Å²) in [5.74, 6) is 1.44. The zero-order chi connectivity index (χ0) is 13.9. The molecule has 2 aromatic rings. The fourth-order valence-corrected chi connectivity index (χ4v) is 2.34. The number of halogens is 2. The second-order valence-electron chi connectivity index (χ2n) is 4.94. The first kappa shape index (κ1) is 13.7. The molecule has 3 rings (SSSR count). The summed E-state index contributed by atoms with van der Waals surface area (Å²) in [6, 6.07) is 13.7. The third kappa shape index (κ3) is 3.45. The highest BCUT2D eigenvalue weighted by molar-refractivity contribution is 6.32. The van der Waals surface area contributed by atoms with Crippen LogP contribution in [0.5, 0.6) is 11.5 Å². The number of benzene rings is 2. The van der Waals surface area contributed by atoms with Crippen LogP contribution < -0.4 is 10.1 Å². The molecule has 0 bridgehead atoms. The van der Waals surface area contributed by atoms with Crippen molar-refractivity contribution >= 4 is 23.2 Å².